The fourth-order valence-corrected chi connectivity index (χ4v) is 5.60. The van der Waals surface area contributed by atoms with Crippen LogP contribution in [-0.2, 0) is 9.59 Å². The van der Waals surface area contributed by atoms with Crippen LogP contribution in [0.3, 0.4) is 0 Å². The second-order valence-electron chi connectivity index (χ2n) is 10.9. The number of hydrogen-bond donors (Lipinski definition) is 2. The number of carbonyl (C=O) groups is 3. The van der Waals surface area contributed by atoms with E-state index < -0.39 is 17.8 Å². The zero-order valence-corrected chi connectivity index (χ0v) is 21.2. The molecule has 3 aliphatic rings. The normalized spacial score (nSPS) is 22.2. The van der Waals surface area contributed by atoms with Gasteiger partial charge in [-0.2, -0.15) is 0 Å². The molecule has 35 heavy (non-hydrogen) atoms. The third-order valence-electron chi connectivity index (χ3n) is 7.89. The van der Waals surface area contributed by atoms with E-state index in [1.54, 1.807) is 12.1 Å². The predicted octanol–water partition coefficient (Wildman–Crippen LogP) is 4.19. The smallest absolute Gasteiger partial charge is 0.254 e. The highest BCUT2D eigenvalue weighted by Gasteiger charge is 2.34. The molecule has 0 spiro atoms. The number of benzene rings is 1. The molecule has 0 bridgehead atoms. The van der Waals surface area contributed by atoms with Crippen molar-refractivity contribution in [3.8, 4) is 0 Å². The topological polar surface area (TPSA) is 78.5 Å². The maximum atomic E-state index is 15.7. The predicted molar refractivity (Wildman–Crippen MR) is 134 cm³/mol. The maximum Gasteiger partial charge on any atom is 0.254 e. The number of ketones is 1. The number of nitrogens with zero attached hydrogens (tertiary/aromatic N) is 1. The van der Waals surface area contributed by atoms with Crippen LogP contribution in [0.5, 0.6) is 0 Å². The van der Waals surface area contributed by atoms with Crippen LogP contribution in [0.2, 0.25) is 0 Å². The summed E-state index contributed by atoms with van der Waals surface area (Å²) in [4.78, 5) is 40.6. The second-order valence-corrected chi connectivity index (χ2v) is 10.9. The van der Waals surface area contributed by atoms with E-state index in [-0.39, 0.29) is 35.0 Å². The first kappa shape index (κ1) is 25.8. The summed E-state index contributed by atoms with van der Waals surface area (Å²) in [6, 6.07) is 4.82. The first-order valence-corrected chi connectivity index (χ1v) is 13.5. The Morgan fingerprint density at radius 1 is 1.03 bits per heavy atom. The van der Waals surface area contributed by atoms with Crippen LogP contribution in [-0.4, -0.2) is 54.2 Å². The Labute approximate surface area is 208 Å². The number of rotatable bonds is 9. The molecular formula is C28H40FN3O3. The van der Waals surface area contributed by atoms with E-state index in [0.717, 1.165) is 57.8 Å². The van der Waals surface area contributed by atoms with Crippen LogP contribution in [0.15, 0.2) is 18.2 Å². The summed E-state index contributed by atoms with van der Waals surface area (Å²) < 4.78 is 15.7. The minimum absolute atomic E-state index is 0.0151. The van der Waals surface area contributed by atoms with Crippen LogP contribution in [0, 0.1) is 17.7 Å². The Kier molecular flexibility index (Phi) is 8.58. The fraction of sp³-hybridized carbons (Fsp3) is 0.679. The highest BCUT2D eigenvalue weighted by molar-refractivity contribution is 5.98. The number of amides is 2. The molecule has 2 saturated carbocycles. The maximum absolute atomic E-state index is 15.7. The van der Waals surface area contributed by atoms with Gasteiger partial charge in [0.05, 0.1) is 18.2 Å². The number of Topliss-reactive ketones (excluding diaryl/α,β-unsaturated/α-hetero) is 1. The molecule has 2 aliphatic carbocycles. The third kappa shape index (κ3) is 6.49. The lowest BCUT2D eigenvalue weighted by Crippen LogP contribution is -2.48. The number of hydrogen-bond acceptors (Lipinski definition) is 4. The monoisotopic (exact) mass is 485 g/mol. The minimum atomic E-state index is -0.576. The Morgan fingerprint density at radius 2 is 1.77 bits per heavy atom. The van der Waals surface area contributed by atoms with Gasteiger partial charge in [0.2, 0.25) is 5.91 Å². The molecular weight excluding hydrogens is 445 g/mol. The van der Waals surface area contributed by atoms with E-state index in [2.05, 4.69) is 10.6 Å². The van der Waals surface area contributed by atoms with Crippen molar-refractivity contribution in [1.29, 1.82) is 0 Å². The number of carbonyl (C=O) groups excluding carboxylic acids is 3. The summed E-state index contributed by atoms with van der Waals surface area (Å²) in [5.74, 6) is -1.21. The van der Waals surface area contributed by atoms with Gasteiger partial charge in [0.25, 0.3) is 5.91 Å². The number of halogens is 1. The van der Waals surface area contributed by atoms with Gasteiger partial charge in [-0.1, -0.05) is 45.2 Å². The molecule has 6 nitrogen and oxygen atoms in total. The second kappa shape index (κ2) is 11.6. The van der Waals surface area contributed by atoms with Crippen LogP contribution >= 0.6 is 0 Å². The van der Waals surface area contributed by atoms with Crippen molar-refractivity contribution >= 4 is 17.6 Å². The summed E-state index contributed by atoms with van der Waals surface area (Å²) in [5, 5.41) is 6.17. The van der Waals surface area contributed by atoms with E-state index in [1.165, 1.54) is 6.07 Å². The van der Waals surface area contributed by atoms with Crippen molar-refractivity contribution < 1.29 is 18.8 Å². The molecule has 0 aromatic heterocycles. The number of piperidine rings is 1. The van der Waals surface area contributed by atoms with Gasteiger partial charge < -0.3 is 15.5 Å². The zero-order valence-electron chi connectivity index (χ0n) is 21.2. The Hall–Kier alpha value is -2.28. The molecule has 1 saturated heterocycles. The lowest BCUT2D eigenvalue weighted by Gasteiger charge is -2.33. The third-order valence-corrected chi connectivity index (χ3v) is 7.89. The molecule has 2 amide bonds. The fourth-order valence-electron chi connectivity index (χ4n) is 5.60. The molecule has 1 aromatic rings. The molecule has 2 atom stereocenters. The summed E-state index contributed by atoms with van der Waals surface area (Å²) in [5.41, 5.74) is 0.466. The van der Waals surface area contributed by atoms with Crippen LogP contribution in [0.1, 0.15) is 93.5 Å². The van der Waals surface area contributed by atoms with Gasteiger partial charge in [0, 0.05) is 31.0 Å². The van der Waals surface area contributed by atoms with E-state index in [4.69, 9.17) is 0 Å². The molecule has 1 aromatic carbocycles. The van der Waals surface area contributed by atoms with Crippen molar-refractivity contribution in [3.05, 3.63) is 35.1 Å². The van der Waals surface area contributed by atoms with Gasteiger partial charge in [-0.25, -0.2) is 4.39 Å². The van der Waals surface area contributed by atoms with Crippen LogP contribution < -0.4 is 10.6 Å². The van der Waals surface area contributed by atoms with Gasteiger partial charge in [-0.3, -0.25) is 14.4 Å². The van der Waals surface area contributed by atoms with Crippen LogP contribution in [0.4, 0.5) is 4.39 Å². The molecule has 7 heteroatoms. The average Bonchev–Trinajstić information content (AvgIpc) is 3.70. The van der Waals surface area contributed by atoms with Gasteiger partial charge in [-0.15, -0.1) is 0 Å². The van der Waals surface area contributed by atoms with Gasteiger partial charge in [0.15, 0.2) is 5.78 Å². The van der Waals surface area contributed by atoms with E-state index in [0.29, 0.717) is 31.2 Å². The van der Waals surface area contributed by atoms with Gasteiger partial charge >= 0.3 is 0 Å². The summed E-state index contributed by atoms with van der Waals surface area (Å²) in [7, 11) is 0. The molecule has 3 fully saturated rings. The molecule has 0 radical (unpaired) electrons. The molecule has 1 aliphatic heterocycles. The minimum Gasteiger partial charge on any atom is -0.342 e. The molecule has 2 N–H and O–H groups in total. The van der Waals surface area contributed by atoms with Crippen molar-refractivity contribution in [2.45, 2.75) is 89.6 Å². The summed E-state index contributed by atoms with van der Waals surface area (Å²) >= 11 is 0. The standard InChI is InChI=1S/C28H40FN3O3/c1-18(2)27(34)26(19-8-4-3-5-9-19)31-28(35)23-12-6-11-22(25(23)29)20-10-7-15-32(17-20)24(33)16-30-21-13-14-21/h6,11-12,18-21,26,30H,3-5,7-10,13-17H2,1-2H3,(H,31,35)/t20?,26-/m1/s1. The van der Waals surface area contributed by atoms with Crippen LogP contribution in [0.25, 0.3) is 0 Å². The van der Waals surface area contributed by atoms with Gasteiger partial charge in [0.1, 0.15) is 5.82 Å². The first-order chi connectivity index (χ1) is 16.8. The SMILES string of the molecule is CC(C)C(=O)[C@H](NC(=O)c1cccc(C2CCCN(C(=O)CNC3CC3)C2)c1F)C1CCCCC1. The van der Waals surface area contributed by atoms with Crippen molar-refractivity contribution in [3.63, 3.8) is 0 Å². The largest absolute Gasteiger partial charge is 0.342 e. The Bertz CT molecular complexity index is 924. The van der Waals surface area contributed by atoms with Crippen molar-refractivity contribution in [2.75, 3.05) is 19.6 Å². The molecule has 1 heterocycles. The summed E-state index contributed by atoms with van der Waals surface area (Å²) in [6.07, 6.45) is 8.92. The number of nitrogens with one attached hydrogen (secondary N) is 2. The van der Waals surface area contributed by atoms with E-state index >= 15 is 4.39 Å². The average molecular weight is 486 g/mol. The highest BCUT2D eigenvalue weighted by atomic mass is 19.1. The Balaban J connectivity index is 1.46. The molecule has 192 valence electrons. The van der Waals surface area contributed by atoms with Crippen molar-refractivity contribution in [2.24, 2.45) is 11.8 Å². The highest BCUT2D eigenvalue weighted by Crippen LogP contribution is 2.31. The quantitative estimate of drug-likeness (QED) is 0.550. The molecule has 4 rings (SSSR count). The first-order valence-electron chi connectivity index (χ1n) is 13.5. The van der Waals surface area contributed by atoms with Gasteiger partial charge in [-0.05, 0) is 56.1 Å². The lowest BCUT2D eigenvalue weighted by atomic mass is 9.80. The van der Waals surface area contributed by atoms with E-state index in [9.17, 15) is 14.4 Å². The molecule has 1 unspecified atom stereocenters. The number of likely N-dealkylation sites (tertiary alicyclic amines) is 1. The lowest BCUT2D eigenvalue weighted by molar-refractivity contribution is -0.131. The zero-order chi connectivity index (χ0) is 24.9. The van der Waals surface area contributed by atoms with E-state index in [1.807, 2.05) is 18.7 Å². The Morgan fingerprint density at radius 3 is 2.46 bits per heavy atom. The summed E-state index contributed by atoms with van der Waals surface area (Å²) in [6.45, 7) is 5.17. The van der Waals surface area contributed by atoms with Crippen molar-refractivity contribution in [1.82, 2.24) is 15.5 Å².